The third kappa shape index (κ3) is 3.00. The van der Waals surface area contributed by atoms with Crippen LogP contribution in [-0.4, -0.2) is 9.13 Å². The smallest absolute Gasteiger partial charge is 0.288 e. The number of nitrogens with zero attached hydrogens (tertiary/aromatic N) is 2. The molecule has 0 spiro atoms. The Hall–Kier alpha value is -3.06. The molecular weight excluding hydrogens is 370 g/mol. The molecule has 0 N–H and O–H groups in total. The van der Waals surface area contributed by atoms with Crippen LogP contribution in [0.5, 0.6) is 0 Å². The first kappa shape index (κ1) is 17.4. The first-order valence-electron chi connectivity index (χ1n) is 8.20. The van der Waals surface area contributed by atoms with E-state index >= 15 is 0 Å². The highest BCUT2D eigenvalue weighted by atomic mass is 32.1. The monoisotopic (exact) mass is 384 g/mol. The summed E-state index contributed by atoms with van der Waals surface area (Å²) in [6.45, 7) is 1.90. The zero-order chi connectivity index (χ0) is 19.1. The second-order valence-electron chi connectivity index (χ2n) is 6.23. The lowest BCUT2D eigenvalue weighted by Gasteiger charge is -2.13. The molecule has 0 aliphatic carbocycles. The summed E-state index contributed by atoms with van der Waals surface area (Å²) in [5, 5.41) is 1.73. The van der Waals surface area contributed by atoms with Crippen LogP contribution in [-0.2, 0) is 6.54 Å². The van der Waals surface area contributed by atoms with Crippen molar-refractivity contribution in [3.05, 3.63) is 97.5 Å². The van der Waals surface area contributed by atoms with E-state index in [0.717, 1.165) is 22.3 Å². The fourth-order valence-corrected chi connectivity index (χ4v) is 3.88. The van der Waals surface area contributed by atoms with E-state index in [9.17, 15) is 18.4 Å². The Morgan fingerprint density at radius 1 is 1.00 bits per heavy atom. The van der Waals surface area contributed by atoms with Crippen LogP contribution in [0, 0.1) is 18.6 Å². The molecule has 2 aromatic carbocycles. The van der Waals surface area contributed by atoms with Crippen molar-refractivity contribution in [1.29, 1.82) is 0 Å². The van der Waals surface area contributed by atoms with Crippen LogP contribution in [0.3, 0.4) is 0 Å². The predicted molar refractivity (Wildman–Crippen MR) is 102 cm³/mol. The van der Waals surface area contributed by atoms with E-state index in [0.29, 0.717) is 21.5 Å². The van der Waals surface area contributed by atoms with Gasteiger partial charge in [-0.3, -0.25) is 9.36 Å². The van der Waals surface area contributed by atoms with Crippen molar-refractivity contribution in [1.82, 2.24) is 9.13 Å². The molecule has 0 unspecified atom stereocenters. The molecule has 2 heterocycles. The second-order valence-corrected chi connectivity index (χ2v) is 7.15. The second kappa shape index (κ2) is 6.59. The molecule has 0 fully saturated rings. The minimum atomic E-state index is -0.978. The highest BCUT2D eigenvalue weighted by Gasteiger charge is 2.16. The molecule has 0 bridgehead atoms. The molecule has 27 heavy (non-hydrogen) atoms. The molecule has 0 saturated carbocycles. The molecule has 4 rings (SSSR count). The van der Waals surface area contributed by atoms with E-state index in [1.54, 1.807) is 29.6 Å². The zero-order valence-electron chi connectivity index (χ0n) is 14.3. The van der Waals surface area contributed by atoms with Crippen molar-refractivity contribution >= 4 is 21.6 Å². The Morgan fingerprint density at radius 2 is 1.81 bits per heavy atom. The largest absolute Gasteiger partial charge is 0.336 e. The first-order valence-corrected chi connectivity index (χ1v) is 9.07. The molecule has 7 heteroatoms. The standard InChI is InChI=1S/C20H14F2N2O2S/c1-12-3-2-4-14(9-12)24-19(25)18-17(7-8-27-18)23(20(24)26)11-13-5-6-15(21)16(22)10-13/h2-10H,11H2,1H3. The highest BCUT2D eigenvalue weighted by Crippen LogP contribution is 2.18. The summed E-state index contributed by atoms with van der Waals surface area (Å²) in [4.78, 5) is 26.0. The normalized spacial score (nSPS) is 11.2. The number of fused-ring (bicyclic) bond motifs is 1. The van der Waals surface area contributed by atoms with Crippen molar-refractivity contribution in [3.63, 3.8) is 0 Å². The van der Waals surface area contributed by atoms with Gasteiger partial charge in [-0.15, -0.1) is 11.3 Å². The SMILES string of the molecule is Cc1cccc(-n2c(=O)c3sccc3n(Cc3ccc(F)c(F)c3)c2=O)c1. The summed E-state index contributed by atoms with van der Waals surface area (Å²) in [7, 11) is 0. The van der Waals surface area contributed by atoms with Gasteiger partial charge in [0.2, 0.25) is 0 Å². The Labute approximate surface area is 156 Å². The van der Waals surface area contributed by atoms with Gasteiger partial charge in [0.1, 0.15) is 4.70 Å². The number of aryl methyl sites for hydroxylation is 1. The summed E-state index contributed by atoms with van der Waals surface area (Å²) in [5.74, 6) is -1.93. The number of halogens is 2. The van der Waals surface area contributed by atoms with Crippen LogP contribution >= 0.6 is 11.3 Å². The van der Waals surface area contributed by atoms with E-state index in [4.69, 9.17) is 0 Å². The molecule has 0 aliphatic rings. The third-order valence-corrected chi connectivity index (χ3v) is 5.23. The van der Waals surface area contributed by atoms with Gasteiger partial charge in [-0.2, -0.15) is 0 Å². The van der Waals surface area contributed by atoms with Gasteiger partial charge in [-0.1, -0.05) is 18.2 Å². The molecule has 4 aromatic rings. The molecule has 2 aromatic heterocycles. The third-order valence-electron chi connectivity index (χ3n) is 4.34. The Balaban J connectivity index is 1.97. The lowest BCUT2D eigenvalue weighted by Crippen LogP contribution is -2.38. The van der Waals surface area contributed by atoms with Gasteiger partial charge in [0, 0.05) is 0 Å². The van der Waals surface area contributed by atoms with Crippen LogP contribution in [0.25, 0.3) is 15.9 Å². The first-order chi connectivity index (χ1) is 13.0. The molecular formula is C20H14F2N2O2S. The minimum Gasteiger partial charge on any atom is -0.288 e. The van der Waals surface area contributed by atoms with Crippen LogP contribution in [0.2, 0.25) is 0 Å². The van der Waals surface area contributed by atoms with Gasteiger partial charge in [-0.25, -0.2) is 18.1 Å². The molecule has 0 amide bonds. The maximum Gasteiger partial charge on any atom is 0.336 e. The molecule has 4 nitrogen and oxygen atoms in total. The fourth-order valence-electron chi connectivity index (χ4n) is 3.06. The average Bonchev–Trinajstić information content (AvgIpc) is 3.12. The van der Waals surface area contributed by atoms with Gasteiger partial charge >= 0.3 is 5.69 Å². The van der Waals surface area contributed by atoms with Crippen molar-refractivity contribution in [2.75, 3.05) is 0 Å². The van der Waals surface area contributed by atoms with E-state index in [1.807, 2.05) is 13.0 Å². The number of benzene rings is 2. The summed E-state index contributed by atoms with van der Waals surface area (Å²) in [6.07, 6.45) is 0. The summed E-state index contributed by atoms with van der Waals surface area (Å²) >= 11 is 1.24. The molecule has 136 valence electrons. The number of hydrogen-bond acceptors (Lipinski definition) is 3. The average molecular weight is 384 g/mol. The van der Waals surface area contributed by atoms with E-state index in [-0.39, 0.29) is 6.54 Å². The van der Waals surface area contributed by atoms with Crippen molar-refractivity contribution < 1.29 is 8.78 Å². The maximum atomic E-state index is 13.6. The number of aromatic nitrogens is 2. The molecule has 0 radical (unpaired) electrons. The number of rotatable bonds is 3. The number of thiophene rings is 1. The Morgan fingerprint density at radius 3 is 2.56 bits per heavy atom. The van der Waals surface area contributed by atoms with Crippen LogP contribution < -0.4 is 11.2 Å². The van der Waals surface area contributed by atoms with Crippen molar-refractivity contribution in [2.45, 2.75) is 13.5 Å². The summed E-state index contributed by atoms with van der Waals surface area (Å²) in [6, 6.07) is 12.3. The maximum absolute atomic E-state index is 13.6. The fraction of sp³-hybridized carbons (Fsp3) is 0.100. The van der Waals surface area contributed by atoms with Crippen LogP contribution in [0.15, 0.2) is 63.5 Å². The number of hydrogen-bond donors (Lipinski definition) is 0. The van der Waals surface area contributed by atoms with Crippen LogP contribution in [0.1, 0.15) is 11.1 Å². The molecule has 0 aliphatic heterocycles. The van der Waals surface area contributed by atoms with Gasteiger partial charge in [-0.05, 0) is 53.8 Å². The van der Waals surface area contributed by atoms with Gasteiger partial charge in [0.25, 0.3) is 5.56 Å². The lowest BCUT2D eigenvalue weighted by molar-refractivity contribution is 0.506. The van der Waals surface area contributed by atoms with Gasteiger partial charge in [0.15, 0.2) is 11.6 Å². The van der Waals surface area contributed by atoms with Gasteiger partial charge < -0.3 is 0 Å². The Kier molecular flexibility index (Phi) is 4.24. The lowest BCUT2D eigenvalue weighted by atomic mass is 10.2. The zero-order valence-corrected chi connectivity index (χ0v) is 15.1. The molecule has 0 saturated heterocycles. The predicted octanol–water partition coefficient (Wildman–Crippen LogP) is 3.85. The summed E-state index contributed by atoms with van der Waals surface area (Å²) in [5.41, 5.74) is 1.37. The van der Waals surface area contributed by atoms with Crippen molar-refractivity contribution in [3.8, 4) is 5.69 Å². The summed E-state index contributed by atoms with van der Waals surface area (Å²) < 4.78 is 29.7. The van der Waals surface area contributed by atoms with E-state index in [1.165, 1.54) is 22.0 Å². The Bertz CT molecular complexity index is 1290. The van der Waals surface area contributed by atoms with E-state index < -0.39 is 22.9 Å². The quantitative estimate of drug-likeness (QED) is 0.539. The van der Waals surface area contributed by atoms with Gasteiger partial charge in [0.05, 0.1) is 17.7 Å². The highest BCUT2D eigenvalue weighted by molar-refractivity contribution is 7.17. The van der Waals surface area contributed by atoms with E-state index in [2.05, 4.69) is 0 Å². The van der Waals surface area contributed by atoms with Crippen LogP contribution in [0.4, 0.5) is 8.78 Å². The topological polar surface area (TPSA) is 44.0 Å². The minimum absolute atomic E-state index is 0.0232. The molecule has 0 atom stereocenters. The van der Waals surface area contributed by atoms with Crippen molar-refractivity contribution in [2.24, 2.45) is 0 Å².